The minimum absolute atomic E-state index is 0.0459. The second kappa shape index (κ2) is 13.7. The van der Waals surface area contributed by atoms with E-state index < -0.39 is 53.9 Å². The number of carboxylic acid groups (broad SMARTS) is 1. The van der Waals surface area contributed by atoms with Crippen LogP contribution in [0.25, 0.3) is 0 Å². The molecule has 2 atom stereocenters. The zero-order valence-electron chi connectivity index (χ0n) is 24.2. The lowest BCUT2D eigenvalue weighted by molar-refractivity contribution is -0.154. The van der Waals surface area contributed by atoms with Crippen molar-refractivity contribution in [1.29, 1.82) is 0 Å². The molecule has 3 fully saturated rings. The van der Waals surface area contributed by atoms with Gasteiger partial charge in [-0.05, 0) is 60.9 Å². The number of alkyl halides is 3. The van der Waals surface area contributed by atoms with Gasteiger partial charge in [-0.1, -0.05) is 53.5 Å². The lowest BCUT2D eigenvalue weighted by Crippen LogP contribution is -2.64. The third kappa shape index (κ3) is 7.28. The van der Waals surface area contributed by atoms with Crippen LogP contribution in [0.5, 0.6) is 0 Å². The van der Waals surface area contributed by atoms with Crippen molar-refractivity contribution in [2.75, 3.05) is 5.32 Å². The highest BCUT2D eigenvalue weighted by atomic mass is 35.5. The highest BCUT2D eigenvalue weighted by molar-refractivity contribution is 6.40. The minimum Gasteiger partial charge on any atom is -0.480 e. The Kier molecular flexibility index (Phi) is 9.88. The van der Waals surface area contributed by atoms with Gasteiger partial charge in [0.2, 0.25) is 11.8 Å². The summed E-state index contributed by atoms with van der Waals surface area (Å²) in [6.07, 6.45) is -0.192. The Balaban J connectivity index is 1.28. The summed E-state index contributed by atoms with van der Waals surface area (Å²) in [5.41, 5.74) is -0.131. The average molecular weight is 678 g/mol. The molecule has 1 unspecified atom stereocenters. The predicted molar refractivity (Wildman–Crippen MR) is 163 cm³/mol. The molecule has 0 spiro atoms. The van der Waals surface area contributed by atoms with Gasteiger partial charge in [0.25, 0.3) is 5.91 Å². The van der Waals surface area contributed by atoms with Crippen molar-refractivity contribution in [3.05, 3.63) is 93.2 Å². The monoisotopic (exact) mass is 676 g/mol. The quantitative estimate of drug-likeness (QED) is 0.263. The first-order valence-electron chi connectivity index (χ1n) is 14.5. The fourth-order valence-electron chi connectivity index (χ4n) is 6.29. The lowest BCUT2D eigenvalue weighted by atomic mass is 9.74. The molecular formula is C32H29Cl2F3N4O5. The number of carboxylic acids is 1. The molecule has 2 aromatic carbocycles. The standard InChI is InChI=1S/C32H29Cl2F3N4O5/c33-23-15-38-16-24(34)27(23)29(43)39-20-9-5-17(6-10-20)13-25(31(45)46)40-30(44)28-18-7-11-21(12-8-18)41(28)26(42)14-19-3-1-2-4-22(19)32(35,36)37/h1-6,9-10,15-16,18,21,25,28H,7-8,11-14H2,(H,39,43)(H,40,44)(H,45,46)/t18?,21?,25-,28?/m0/s1. The summed E-state index contributed by atoms with van der Waals surface area (Å²) in [4.78, 5) is 57.2. The molecule has 3 aromatic rings. The van der Waals surface area contributed by atoms with Crippen molar-refractivity contribution in [3.63, 3.8) is 0 Å². The molecule has 3 amide bonds. The van der Waals surface area contributed by atoms with E-state index in [0.717, 1.165) is 6.07 Å². The smallest absolute Gasteiger partial charge is 0.416 e. The summed E-state index contributed by atoms with van der Waals surface area (Å²) in [7, 11) is 0. The van der Waals surface area contributed by atoms with Crippen LogP contribution in [0.3, 0.4) is 0 Å². The number of carbonyl (C=O) groups is 4. The Morgan fingerprint density at radius 1 is 0.957 bits per heavy atom. The number of hydrogen-bond acceptors (Lipinski definition) is 5. The van der Waals surface area contributed by atoms with Crippen LogP contribution in [-0.4, -0.2) is 56.8 Å². The molecule has 2 bridgehead atoms. The number of aromatic nitrogens is 1. The van der Waals surface area contributed by atoms with E-state index in [4.69, 9.17) is 23.2 Å². The van der Waals surface area contributed by atoms with Crippen LogP contribution in [0.15, 0.2) is 60.9 Å². The van der Waals surface area contributed by atoms with Crippen molar-refractivity contribution in [2.24, 2.45) is 5.92 Å². The number of fused-ring (bicyclic) bond motifs is 3. The summed E-state index contributed by atoms with van der Waals surface area (Å²) in [6, 6.07) is 8.44. The average Bonchev–Trinajstić information content (AvgIpc) is 3.01. The number of nitrogens with one attached hydrogen (secondary N) is 2. The van der Waals surface area contributed by atoms with E-state index in [2.05, 4.69) is 15.6 Å². The second-order valence-corrected chi connectivity index (χ2v) is 12.2. The van der Waals surface area contributed by atoms with E-state index in [0.29, 0.717) is 36.9 Å². The number of amides is 3. The Labute approximate surface area is 272 Å². The van der Waals surface area contributed by atoms with Gasteiger partial charge in [-0.25, -0.2) is 4.79 Å². The first kappa shape index (κ1) is 33.2. The maximum atomic E-state index is 13.6. The fourth-order valence-corrected chi connectivity index (χ4v) is 6.83. The number of anilines is 1. The minimum atomic E-state index is -4.64. The molecule has 1 saturated carbocycles. The van der Waals surface area contributed by atoms with Gasteiger partial charge in [-0.15, -0.1) is 0 Å². The molecular weight excluding hydrogens is 648 g/mol. The van der Waals surface area contributed by atoms with Crippen LogP contribution < -0.4 is 10.6 Å². The number of pyridine rings is 1. The molecule has 6 rings (SSSR count). The SMILES string of the molecule is O=C(Nc1ccc(C[C@H](NC(=O)C2C3CCC(CC3)N2C(=O)Cc2ccccc2C(F)(F)F)C(=O)O)cc1)c1c(Cl)cncc1Cl. The van der Waals surface area contributed by atoms with E-state index in [1.807, 2.05) is 0 Å². The van der Waals surface area contributed by atoms with Gasteiger partial charge >= 0.3 is 12.1 Å². The molecule has 1 aromatic heterocycles. The summed E-state index contributed by atoms with van der Waals surface area (Å²) < 4.78 is 40.8. The largest absolute Gasteiger partial charge is 0.480 e. The summed E-state index contributed by atoms with van der Waals surface area (Å²) in [6.45, 7) is 0. The number of rotatable bonds is 9. The fraction of sp³-hybridized carbons (Fsp3) is 0.344. The highest BCUT2D eigenvalue weighted by Crippen LogP contribution is 2.41. The number of nitrogens with zero attached hydrogens (tertiary/aromatic N) is 2. The van der Waals surface area contributed by atoms with E-state index in [9.17, 15) is 37.5 Å². The molecule has 3 N–H and O–H groups in total. The van der Waals surface area contributed by atoms with E-state index in [1.165, 1.54) is 35.5 Å². The first-order chi connectivity index (χ1) is 21.8. The Bertz CT molecular complexity index is 1630. The number of halogens is 5. The Morgan fingerprint density at radius 3 is 2.20 bits per heavy atom. The predicted octanol–water partition coefficient (Wildman–Crippen LogP) is 5.78. The number of hydrogen-bond donors (Lipinski definition) is 3. The third-order valence-electron chi connectivity index (χ3n) is 8.45. The van der Waals surface area contributed by atoms with E-state index in [-0.39, 0.29) is 39.6 Å². The number of benzene rings is 2. The van der Waals surface area contributed by atoms with Crippen molar-refractivity contribution in [2.45, 2.75) is 62.8 Å². The Morgan fingerprint density at radius 2 is 1.59 bits per heavy atom. The molecule has 242 valence electrons. The second-order valence-electron chi connectivity index (χ2n) is 11.4. The molecule has 3 heterocycles. The lowest BCUT2D eigenvalue weighted by Gasteiger charge is -2.50. The zero-order chi connectivity index (χ0) is 33.2. The van der Waals surface area contributed by atoms with Gasteiger partial charge in [0.05, 0.1) is 27.6 Å². The zero-order valence-corrected chi connectivity index (χ0v) is 25.7. The normalized spacial score (nSPS) is 19.8. The highest BCUT2D eigenvalue weighted by Gasteiger charge is 2.48. The van der Waals surface area contributed by atoms with Crippen LogP contribution in [0, 0.1) is 5.92 Å². The van der Waals surface area contributed by atoms with E-state index in [1.54, 1.807) is 24.3 Å². The van der Waals surface area contributed by atoms with Crippen molar-refractivity contribution in [1.82, 2.24) is 15.2 Å². The molecule has 1 aliphatic carbocycles. The van der Waals surface area contributed by atoms with Crippen molar-refractivity contribution in [3.8, 4) is 0 Å². The molecule has 0 radical (unpaired) electrons. The van der Waals surface area contributed by atoms with Gasteiger partial charge in [0.1, 0.15) is 12.1 Å². The molecule has 2 aliphatic heterocycles. The molecule has 3 aliphatic rings. The van der Waals surface area contributed by atoms with Crippen LogP contribution in [0.2, 0.25) is 10.0 Å². The van der Waals surface area contributed by atoms with Gasteiger partial charge in [0, 0.05) is 30.5 Å². The summed E-state index contributed by atoms with van der Waals surface area (Å²) in [5.74, 6) is -3.37. The summed E-state index contributed by atoms with van der Waals surface area (Å²) in [5, 5.41) is 15.3. The van der Waals surface area contributed by atoms with Gasteiger partial charge in [-0.3, -0.25) is 19.4 Å². The van der Waals surface area contributed by atoms with Gasteiger partial charge < -0.3 is 20.6 Å². The first-order valence-corrected chi connectivity index (χ1v) is 15.3. The van der Waals surface area contributed by atoms with Crippen LogP contribution >= 0.6 is 23.2 Å². The van der Waals surface area contributed by atoms with Crippen LogP contribution in [0.4, 0.5) is 18.9 Å². The molecule has 2 saturated heterocycles. The van der Waals surface area contributed by atoms with Gasteiger partial charge in [-0.2, -0.15) is 13.2 Å². The maximum absolute atomic E-state index is 13.6. The topological polar surface area (TPSA) is 129 Å². The molecule has 46 heavy (non-hydrogen) atoms. The maximum Gasteiger partial charge on any atom is 0.416 e. The third-order valence-corrected chi connectivity index (χ3v) is 9.02. The molecule has 14 heteroatoms. The number of aliphatic carboxylic acids is 1. The van der Waals surface area contributed by atoms with Gasteiger partial charge in [0.15, 0.2) is 0 Å². The number of carbonyl (C=O) groups excluding carboxylic acids is 3. The van der Waals surface area contributed by atoms with Crippen molar-refractivity contribution < 1.29 is 37.5 Å². The molecule has 9 nitrogen and oxygen atoms in total. The van der Waals surface area contributed by atoms with Crippen LogP contribution in [0.1, 0.15) is 52.7 Å². The van der Waals surface area contributed by atoms with E-state index >= 15 is 0 Å². The number of piperidine rings is 2. The van der Waals surface area contributed by atoms with Crippen LogP contribution in [-0.2, 0) is 33.4 Å². The summed E-state index contributed by atoms with van der Waals surface area (Å²) >= 11 is 12.1. The Hall–Kier alpha value is -4.16. The van der Waals surface area contributed by atoms with Crippen molar-refractivity contribution >= 4 is 52.6 Å².